The van der Waals surface area contributed by atoms with Crippen LogP contribution in [0.4, 0.5) is 0 Å². The molecule has 0 radical (unpaired) electrons. The van der Waals surface area contributed by atoms with Gasteiger partial charge in [0.05, 0.1) is 30.8 Å². The summed E-state index contributed by atoms with van der Waals surface area (Å²) in [5.74, 6) is 0.976. The molecule has 0 amide bonds. The molecule has 6 nitrogen and oxygen atoms in total. The molecule has 0 saturated carbocycles. The molecule has 3 aromatic rings. The number of fused-ring (bicyclic) bond motifs is 1. The molecule has 138 valence electrons. The number of nitrogens with zero attached hydrogens (tertiary/aromatic N) is 3. The first-order valence-electron chi connectivity index (χ1n) is 9.11. The summed E-state index contributed by atoms with van der Waals surface area (Å²) >= 11 is 0. The lowest BCUT2D eigenvalue weighted by Gasteiger charge is -2.39. The van der Waals surface area contributed by atoms with E-state index in [1.54, 1.807) is 0 Å². The Labute approximate surface area is 153 Å². The van der Waals surface area contributed by atoms with Crippen LogP contribution >= 0.6 is 0 Å². The molecule has 1 saturated heterocycles. The van der Waals surface area contributed by atoms with E-state index in [4.69, 9.17) is 9.15 Å². The largest absolute Gasteiger partial charge is 0.461 e. The molecule has 1 aliphatic heterocycles. The zero-order valence-corrected chi connectivity index (χ0v) is 15.6. The number of hydrogen-bond donors (Lipinski definition) is 1. The molecule has 4 rings (SSSR count). The number of rotatable bonds is 5. The maximum atomic E-state index is 6.11. The maximum Gasteiger partial charge on any atom is 0.134 e. The van der Waals surface area contributed by atoms with E-state index in [1.165, 1.54) is 16.6 Å². The number of furan rings is 1. The van der Waals surface area contributed by atoms with Crippen LogP contribution in [0.1, 0.15) is 23.1 Å². The fourth-order valence-electron chi connectivity index (χ4n) is 3.88. The first-order valence-corrected chi connectivity index (χ1v) is 9.11. The number of morpholine rings is 1. The molecule has 0 bridgehead atoms. The van der Waals surface area contributed by atoms with Crippen molar-refractivity contribution >= 4 is 11.0 Å². The van der Waals surface area contributed by atoms with Gasteiger partial charge in [-0.25, -0.2) is 4.98 Å². The van der Waals surface area contributed by atoms with Gasteiger partial charge in [0.2, 0.25) is 0 Å². The number of nitrogens with one attached hydrogen (secondary N) is 1. The highest BCUT2D eigenvalue weighted by molar-refractivity contribution is 5.82. The Kier molecular flexibility index (Phi) is 4.80. The lowest BCUT2D eigenvalue weighted by Crippen LogP contribution is -2.47. The number of imidazole rings is 1. The molecule has 2 atom stereocenters. The number of hydrogen-bond acceptors (Lipinski definition) is 5. The summed E-state index contributed by atoms with van der Waals surface area (Å²) in [6, 6.07) is 8.40. The Morgan fingerprint density at radius 3 is 2.92 bits per heavy atom. The molecule has 2 aromatic heterocycles. The van der Waals surface area contributed by atoms with Crippen molar-refractivity contribution in [2.45, 2.75) is 25.6 Å². The van der Waals surface area contributed by atoms with Gasteiger partial charge in [0.25, 0.3) is 0 Å². The third kappa shape index (κ3) is 3.16. The maximum absolute atomic E-state index is 6.11. The number of ether oxygens (including phenoxy) is 1. The molecule has 1 aromatic carbocycles. The molecule has 3 heterocycles. The summed E-state index contributed by atoms with van der Waals surface area (Å²) in [5.41, 5.74) is 3.36. The molecule has 1 aliphatic rings. The van der Waals surface area contributed by atoms with Crippen molar-refractivity contribution in [1.82, 2.24) is 19.8 Å². The predicted octanol–water partition coefficient (Wildman–Crippen LogP) is 2.64. The van der Waals surface area contributed by atoms with Crippen molar-refractivity contribution in [2.75, 3.05) is 26.7 Å². The van der Waals surface area contributed by atoms with Gasteiger partial charge in [0, 0.05) is 43.8 Å². The minimum Gasteiger partial charge on any atom is -0.461 e. The Morgan fingerprint density at radius 1 is 1.27 bits per heavy atom. The van der Waals surface area contributed by atoms with Crippen LogP contribution in [0, 0.1) is 6.92 Å². The molecule has 0 unspecified atom stereocenters. The van der Waals surface area contributed by atoms with E-state index in [0.717, 1.165) is 37.6 Å². The Hall–Kier alpha value is -2.15. The topological polar surface area (TPSA) is 55.5 Å². The van der Waals surface area contributed by atoms with Gasteiger partial charge in [-0.1, -0.05) is 18.2 Å². The summed E-state index contributed by atoms with van der Waals surface area (Å²) in [6.45, 7) is 5.26. The number of benzene rings is 1. The van der Waals surface area contributed by atoms with E-state index in [-0.39, 0.29) is 12.1 Å². The fourth-order valence-corrected chi connectivity index (χ4v) is 3.88. The van der Waals surface area contributed by atoms with Crippen LogP contribution in [0.15, 0.2) is 41.2 Å². The second-order valence-electron chi connectivity index (χ2n) is 7.03. The zero-order valence-electron chi connectivity index (χ0n) is 15.6. The van der Waals surface area contributed by atoms with Crippen LogP contribution in [0.3, 0.4) is 0 Å². The van der Waals surface area contributed by atoms with Gasteiger partial charge in [-0.2, -0.15) is 0 Å². The Morgan fingerprint density at radius 2 is 2.12 bits per heavy atom. The minimum absolute atomic E-state index is 0.0858. The van der Waals surface area contributed by atoms with E-state index in [9.17, 15) is 0 Å². The van der Waals surface area contributed by atoms with Gasteiger partial charge in [-0.3, -0.25) is 4.90 Å². The minimum atomic E-state index is 0.0858. The molecular formula is C20H26N4O2. The van der Waals surface area contributed by atoms with E-state index >= 15 is 0 Å². The average molecular weight is 354 g/mol. The average Bonchev–Trinajstić information content (AvgIpc) is 3.18. The summed E-state index contributed by atoms with van der Waals surface area (Å²) in [5, 5.41) is 4.76. The third-order valence-corrected chi connectivity index (χ3v) is 5.31. The standard InChI is InChI=1S/C20H26N4O2/c1-14-16(15-6-4-5-7-18(15)26-14)10-21-12-19-20(23(2)8-9-25-19)17-11-22-13-24(17)3/h4-7,11,13,19-21H,8-10,12H2,1-3H3/t19-,20-/m0/s1. The lowest BCUT2D eigenvalue weighted by molar-refractivity contribution is -0.0636. The number of likely N-dealkylation sites (N-methyl/N-ethyl adjacent to an activating group) is 1. The second-order valence-corrected chi connectivity index (χ2v) is 7.03. The third-order valence-electron chi connectivity index (χ3n) is 5.31. The van der Waals surface area contributed by atoms with Crippen molar-refractivity contribution in [3.05, 3.63) is 53.8 Å². The van der Waals surface area contributed by atoms with Gasteiger partial charge < -0.3 is 19.0 Å². The van der Waals surface area contributed by atoms with Crippen molar-refractivity contribution in [3.63, 3.8) is 0 Å². The van der Waals surface area contributed by atoms with Crippen molar-refractivity contribution in [1.29, 1.82) is 0 Å². The highest BCUT2D eigenvalue weighted by atomic mass is 16.5. The molecule has 6 heteroatoms. The van der Waals surface area contributed by atoms with Crippen molar-refractivity contribution in [3.8, 4) is 0 Å². The van der Waals surface area contributed by atoms with Gasteiger partial charge in [0.1, 0.15) is 11.3 Å². The zero-order chi connectivity index (χ0) is 18.1. The van der Waals surface area contributed by atoms with E-state index in [0.29, 0.717) is 0 Å². The van der Waals surface area contributed by atoms with Crippen LogP contribution in [-0.4, -0.2) is 47.3 Å². The monoisotopic (exact) mass is 354 g/mol. The first-order chi connectivity index (χ1) is 12.6. The van der Waals surface area contributed by atoms with Gasteiger partial charge in [-0.15, -0.1) is 0 Å². The summed E-state index contributed by atoms with van der Waals surface area (Å²) < 4.78 is 14.1. The van der Waals surface area contributed by atoms with Crippen LogP contribution in [0.2, 0.25) is 0 Å². The molecule has 0 spiro atoms. The van der Waals surface area contributed by atoms with E-state index in [2.05, 4.69) is 38.9 Å². The number of aromatic nitrogens is 2. The predicted molar refractivity (Wildman–Crippen MR) is 101 cm³/mol. The van der Waals surface area contributed by atoms with Crippen LogP contribution in [-0.2, 0) is 18.3 Å². The summed E-state index contributed by atoms with van der Waals surface area (Å²) in [7, 11) is 4.19. The molecule has 0 aliphatic carbocycles. The van der Waals surface area contributed by atoms with Crippen molar-refractivity contribution < 1.29 is 9.15 Å². The Balaban J connectivity index is 1.47. The highest BCUT2D eigenvalue weighted by Gasteiger charge is 2.33. The Bertz CT molecular complexity index is 885. The van der Waals surface area contributed by atoms with Gasteiger partial charge in [-0.05, 0) is 20.0 Å². The van der Waals surface area contributed by atoms with Crippen LogP contribution in [0.5, 0.6) is 0 Å². The van der Waals surface area contributed by atoms with Crippen molar-refractivity contribution in [2.24, 2.45) is 7.05 Å². The summed E-state index contributed by atoms with van der Waals surface area (Å²) in [6.07, 6.45) is 3.88. The highest BCUT2D eigenvalue weighted by Crippen LogP contribution is 2.28. The SMILES string of the molecule is Cc1oc2ccccc2c1CNC[C@@H]1OCCN(C)[C@H]1c1cncn1C. The number of para-hydroxylation sites is 1. The number of aryl methyl sites for hydroxylation is 2. The first kappa shape index (κ1) is 17.3. The fraction of sp³-hybridized carbons (Fsp3) is 0.450. The second kappa shape index (κ2) is 7.23. The smallest absolute Gasteiger partial charge is 0.134 e. The van der Waals surface area contributed by atoms with Crippen LogP contribution in [0.25, 0.3) is 11.0 Å². The normalized spacial score (nSPS) is 21.5. The van der Waals surface area contributed by atoms with Gasteiger partial charge >= 0.3 is 0 Å². The molecular weight excluding hydrogens is 328 g/mol. The molecule has 1 N–H and O–H groups in total. The van der Waals surface area contributed by atoms with E-state index in [1.807, 2.05) is 38.6 Å². The molecule has 1 fully saturated rings. The van der Waals surface area contributed by atoms with E-state index < -0.39 is 0 Å². The summed E-state index contributed by atoms with van der Waals surface area (Å²) in [4.78, 5) is 6.63. The van der Waals surface area contributed by atoms with Crippen LogP contribution < -0.4 is 5.32 Å². The van der Waals surface area contributed by atoms with Gasteiger partial charge in [0.15, 0.2) is 0 Å². The lowest BCUT2D eigenvalue weighted by atomic mass is 10.0. The molecule has 26 heavy (non-hydrogen) atoms. The quantitative estimate of drug-likeness (QED) is 0.763.